The molecule has 1 aliphatic carbocycles. The number of nitrogens with one attached hydrogen (secondary N) is 1. The van der Waals surface area contributed by atoms with E-state index < -0.39 is 0 Å². The number of piperazine rings is 1. The predicted molar refractivity (Wildman–Crippen MR) is 135 cm³/mol. The molecule has 1 saturated carbocycles. The van der Waals surface area contributed by atoms with Crippen molar-refractivity contribution in [1.29, 1.82) is 0 Å². The van der Waals surface area contributed by atoms with Crippen LogP contribution >= 0.6 is 0 Å². The van der Waals surface area contributed by atoms with Gasteiger partial charge >= 0.3 is 0 Å². The Morgan fingerprint density at radius 1 is 0.912 bits per heavy atom. The number of nitrogens with zero attached hydrogens (tertiary/aromatic N) is 8. The minimum atomic E-state index is 0.470. The third-order valence-electron chi connectivity index (χ3n) is 7.21. The molecule has 9 nitrogen and oxygen atoms in total. The summed E-state index contributed by atoms with van der Waals surface area (Å²) in [6, 6.07) is 6.67. The summed E-state index contributed by atoms with van der Waals surface area (Å²) in [7, 11) is 4.20. The Kier molecular flexibility index (Phi) is 5.50. The highest BCUT2D eigenvalue weighted by atomic mass is 15.6. The first-order chi connectivity index (χ1) is 16.7. The Bertz CT molecular complexity index is 1280. The monoisotopic (exact) mass is 457 g/mol. The van der Waals surface area contributed by atoms with E-state index in [2.05, 4.69) is 66.0 Å². The number of pyridine rings is 2. The fourth-order valence-corrected chi connectivity index (χ4v) is 5.37. The molecule has 34 heavy (non-hydrogen) atoms. The Labute approximate surface area is 199 Å². The van der Waals surface area contributed by atoms with E-state index in [9.17, 15) is 0 Å². The Balaban J connectivity index is 1.25. The van der Waals surface area contributed by atoms with Crippen LogP contribution in [0, 0.1) is 0 Å². The van der Waals surface area contributed by atoms with Gasteiger partial charge in [-0.3, -0.25) is 4.98 Å². The van der Waals surface area contributed by atoms with Crippen LogP contribution in [-0.2, 0) is 0 Å². The molecular formula is C25H31N9. The average Bonchev–Trinajstić information content (AvgIpc) is 3.50. The van der Waals surface area contributed by atoms with Crippen molar-refractivity contribution in [2.24, 2.45) is 0 Å². The highest BCUT2D eigenvalue weighted by Gasteiger charge is 2.23. The maximum Gasteiger partial charge on any atom is 0.230 e. The van der Waals surface area contributed by atoms with E-state index in [0.717, 1.165) is 54.2 Å². The Hall–Kier alpha value is -3.30. The quantitative estimate of drug-likeness (QED) is 0.484. The highest BCUT2D eigenvalue weighted by Crippen LogP contribution is 2.37. The fourth-order valence-electron chi connectivity index (χ4n) is 5.37. The second-order valence-corrected chi connectivity index (χ2v) is 9.45. The summed E-state index contributed by atoms with van der Waals surface area (Å²) in [4.78, 5) is 21.0. The number of rotatable bonds is 5. The summed E-state index contributed by atoms with van der Waals surface area (Å²) in [5, 5.41) is 10.1. The first kappa shape index (κ1) is 21.2. The van der Waals surface area contributed by atoms with Crippen LogP contribution in [0.5, 0.6) is 0 Å². The van der Waals surface area contributed by atoms with Gasteiger partial charge in [0, 0.05) is 69.5 Å². The zero-order chi connectivity index (χ0) is 23.1. The van der Waals surface area contributed by atoms with Gasteiger partial charge in [-0.1, -0.05) is 12.8 Å². The molecular weight excluding hydrogens is 426 g/mol. The molecule has 1 saturated heterocycles. The SMILES string of the molecule is CN(C)N1CCN(c2ccc(Nc3ncc4c5ccncc5n(C5CCCC5)c4n3)nc2)CC1. The molecule has 176 valence electrons. The van der Waals surface area contributed by atoms with E-state index >= 15 is 0 Å². The molecule has 0 aromatic carbocycles. The Morgan fingerprint density at radius 2 is 1.74 bits per heavy atom. The molecule has 1 N–H and O–H groups in total. The van der Waals surface area contributed by atoms with Crippen LogP contribution in [-0.4, -0.2) is 74.8 Å². The molecule has 0 radical (unpaired) electrons. The Morgan fingerprint density at radius 3 is 2.47 bits per heavy atom. The minimum absolute atomic E-state index is 0.470. The van der Waals surface area contributed by atoms with E-state index in [-0.39, 0.29) is 0 Å². The molecule has 0 unspecified atom stereocenters. The smallest absolute Gasteiger partial charge is 0.230 e. The van der Waals surface area contributed by atoms with Gasteiger partial charge in [0.1, 0.15) is 11.5 Å². The van der Waals surface area contributed by atoms with Crippen LogP contribution in [0.3, 0.4) is 0 Å². The van der Waals surface area contributed by atoms with Gasteiger partial charge in [-0.15, -0.1) is 0 Å². The van der Waals surface area contributed by atoms with Gasteiger partial charge < -0.3 is 14.8 Å². The van der Waals surface area contributed by atoms with E-state index in [1.807, 2.05) is 30.9 Å². The molecule has 0 bridgehead atoms. The minimum Gasteiger partial charge on any atom is -0.368 e. The van der Waals surface area contributed by atoms with Crippen molar-refractivity contribution in [2.45, 2.75) is 31.7 Å². The lowest BCUT2D eigenvalue weighted by molar-refractivity contribution is 0.0201. The standard InChI is InChI=1S/C25H31N9/c1-31(2)33-13-11-32(12-14-33)19-7-8-23(27-15-19)29-25-28-16-21-20-9-10-26-17-22(20)34(24(21)30-25)18-5-3-4-6-18/h7-10,15-18H,3-6,11-14H2,1-2H3,(H,27,28,29,30). The predicted octanol–water partition coefficient (Wildman–Crippen LogP) is 3.83. The summed E-state index contributed by atoms with van der Waals surface area (Å²) in [5.74, 6) is 1.32. The summed E-state index contributed by atoms with van der Waals surface area (Å²) in [5.41, 5.74) is 3.27. The molecule has 6 rings (SSSR count). The van der Waals surface area contributed by atoms with Gasteiger partial charge in [0.05, 0.1) is 23.6 Å². The summed E-state index contributed by atoms with van der Waals surface area (Å²) >= 11 is 0. The van der Waals surface area contributed by atoms with Gasteiger partial charge in [-0.25, -0.2) is 20.0 Å². The van der Waals surface area contributed by atoms with Crippen LogP contribution in [0.4, 0.5) is 17.5 Å². The van der Waals surface area contributed by atoms with Crippen LogP contribution in [0.1, 0.15) is 31.7 Å². The molecule has 2 fully saturated rings. The molecule has 5 heterocycles. The summed E-state index contributed by atoms with van der Waals surface area (Å²) in [6.45, 7) is 4.02. The second kappa shape index (κ2) is 8.81. The van der Waals surface area contributed by atoms with Crippen LogP contribution < -0.4 is 10.2 Å². The van der Waals surface area contributed by atoms with Crippen molar-refractivity contribution in [3.63, 3.8) is 0 Å². The van der Waals surface area contributed by atoms with Crippen molar-refractivity contribution < 1.29 is 0 Å². The van der Waals surface area contributed by atoms with Gasteiger partial charge in [0.15, 0.2) is 0 Å². The number of hydrogen-bond acceptors (Lipinski definition) is 8. The van der Waals surface area contributed by atoms with Crippen LogP contribution in [0.2, 0.25) is 0 Å². The number of fused-ring (bicyclic) bond motifs is 3. The summed E-state index contributed by atoms with van der Waals surface area (Å²) < 4.78 is 2.38. The number of hydrazine groups is 1. The van der Waals surface area contributed by atoms with Crippen molar-refractivity contribution in [2.75, 3.05) is 50.5 Å². The van der Waals surface area contributed by atoms with Crippen LogP contribution in [0.15, 0.2) is 43.0 Å². The first-order valence-electron chi connectivity index (χ1n) is 12.2. The normalized spacial score (nSPS) is 17.9. The molecule has 0 atom stereocenters. The zero-order valence-corrected chi connectivity index (χ0v) is 19.9. The number of hydrogen-bond donors (Lipinski definition) is 1. The largest absolute Gasteiger partial charge is 0.368 e. The molecule has 4 aromatic rings. The second-order valence-electron chi connectivity index (χ2n) is 9.45. The van der Waals surface area contributed by atoms with Crippen molar-refractivity contribution >= 4 is 39.4 Å². The van der Waals surface area contributed by atoms with E-state index in [1.165, 1.54) is 31.1 Å². The lowest BCUT2D eigenvalue weighted by atomic mass is 10.2. The maximum absolute atomic E-state index is 4.94. The third kappa shape index (κ3) is 3.84. The highest BCUT2D eigenvalue weighted by molar-refractivity contribution is 6.06. The molecule has 9 heteroatoms. The van der Waals surface area contributed by atoms with Crippen LogP contribution in [0.25, 0.3) is 21.9 Å². The zero-order valence-electron chi connectivity index (χ0n) is 19.9. The number of anilines is 3. The molecule has 2 aliphatic rings. The molecule has 0 spiro atoms. The molecule has 4 aromatic heterocycles. The van der Waals surface area contributed by atoms with Gasteiger partial charge in [0.2, 0.25) is 5.95 Å². The van der Waals surface area contributed by atoms with E-state index in [0.29, 0.717) is 12.0 Å². The van der Waals surface area contributed by atoms with Crippen molar-refractivity contribution in [3.05, 3.63) is 43.0 Å². The lowest BCUT2D eigenvalue weighted by Crippen LogP contribution is -2.51. The fraction of sp³-hybridized carbons (Fsp3) is 0.440. The van der Waals surface area contributed by atoms with E-state index in [4.69, 9.17) is 4.98 Å². The number of aromatic nitrogens is 5. The van der Waals surface area contributed by atoms with Gasteiger partial charge in [-0.2, -0.15) is 4.98 Å². The topological polar surface area (TPSA) is 78.2 Å². The molecule has 1 aliphatic heterocycles. The van der Waals surface area contributed by atoms with E-state index in [1.54, 1.807) is 0 Å². The third-order valence-corrected chi connectivity index (χ3v) is 7.21. The lowest BCUT2D eigenvalue weighted by Gasteiger charge is -2.38. The van der Waals surface area contributed by atoms with Crippen molar-refractivity contribution in [1.82, 2.24) is 34.5 Å². The maximum atomic E-state index is 4.94. The van der Waals surface area contributed by atoms with Gasteiger partial charge in [0.25, 0.3) is 0 Å². The first-order valence-corrected chi connectivity index (χ1v) is 12.2. The van der Waals surface area contributed by atoms with Crippen molar-refractivity contribution in [3.8, 4) is 0 Å². The van der Waals surface area contributed by atoms with Gasteiger partial charge in [-0.05, 0) is 31.0 Å². The average molecular weight is 458 g/mol. The summed E-state index contributed by atoms with van der Waals surface area (Å²) in [6.07, 6.45) is 12.6. The molecule has 0 amide bonds.